The van der Waals surface area contributed by atoms with E-state index in [1.54, 1.807) is 6.07 Å². The van der Waals surface area contributed by atoms with Crippen molar-refractivity contribution < 1.29 is 24.5 Å². The molecular weight excluding hydrogens is 604 g/mol. The number of nitrogens with zero attached hydrogens (tertiary/aromatic N) is 4. The lowest BCUT2D eigenvalue weighted by atomic mass is 9.95. The zero-order valence-electron chi connectivity index (χ0n) is 20.7. The van der Waals surface area contributed by atoms with Gasteiger partial charge in [-0.3, -0.25) is 19.5 Å². The molecule has 2 N–H and O–H groups in total. The maximum atomic E-state index is 13.4. The molecule has 5 rings (SSSR count). The average molecular weight is 626 g/mol. The predicted octanol–water partition coefficient (Wildman–Crippen LogP) is 5.64. The minimum absolute atomic E-state index is 0.125. The van der Waals surface area contributed by atoms with Crippen LogP contribution in [-0.4, -0.2) is 44.2 Å². The first-order valence-corrected chi connectivity index (χ1v) is 14.2. The molecule has 1 atom stereocenters. The maximum absolute atomic E-state index is 13.4. The van der Waals surface area contributed by atoms with Gasteiger partial charge in [-0.1, -0.05) is 52.9 Å². The van der Waals surface area contributed by atoms with Gasteiger partial charge in [0.25, 0.3) is 5.78 Å². The number of thioether (sulfide) groups is 1. The van der Waals surface area contributed by atoms with E-state index in [9.17, 15) is 19.8 Å². The van der Waals surface area contributed by atoms with E-state index in [0.29, 0.717) is 21.2 Å². The number of rotatable bonds is 7. The second kappa shape index (κ2) is 11.2. The van der Waals surface area contributed by atoms with Crippen LogP contribution in [0, 0.1) is 6.92 Å². The van der Waals surface area contributed by atoms with Gasteiger partial charge in [0.05, 0.1) is 23.2 Å². The summed E-state index contributed by atoms with van der Waals surface area (Å²) in [6.45, 7) is 2.02. The molecule has 2 aromatic carbocycles. The predicted molar refractivity (Wildman–Crippen MR) is 152 cm³/mol. The van der Waals surface area contributed by atoms with Crippen molar-refractivity contribution in [1.29, 1.82) is 0 Å². The number of anilines is 1. The summed E-state index contributed by atoms with van der Waals surface area (Å²) in [5, 5.41) is 30.2. The first-order valence-electron chi connectivity index (χ1n) is 11.6. The molecular formula is C27H21BrN4O5S2. The van der Waals surface area contributed by atoms with Crippen LogP contribution in [0.3, 0.4) is 0 Å². The van der Waals surface area contributed by atoms with Gasteiger partial charge in [-0.2, -0.15) is 0 Å². The molecule has 0 radical (unpaired) electrons. The number of aliphatic hydroxyl groups is 1. The number of ether oxygens (including phenoxy) is 1. The molecule has 12 heteroatoms. The molecule has 39 heavy (non-hydrogen) atoms. The standard InChI is InChI=1S/C27H21BrN4O5S2/c1-14-3-5-15(6-4-14)13-38-27-31-30-26(39-27)32-21(17-11-18(28)23(34)19(12-17)37-2)20(24(35)25(32)36)22(33)16-7-9-29-10-8-16/h3-12,21,33-34H,13H2,1-2H3. The van der Waals surface area contributed by atoms with Gasteiger partial charge in [-0.15, -0.1) is 10.2 Å². The molecule has 0 saturated carbocycles. The Balaban J connectivity index is 1.58. The molecule has 9 nitrogen and oxygen atoms in total. The van der Waals surface area contributed by atoms with Gasteiger partial charge in [0.1, 0.15) is 5.76 Å². The Morgan fingerprint density at radius 1 is 1.13 bits per heavy atom. The van der Waals surface area contributed by atoms with Crippen molar-refractivity contribution in [3.05, 3.63) is 93.2 Å². The molecule has 3 heterocycles. The molecule has 1 fully saturated rings. The van der Waals surface area contributed by atoms with Crippen molar-refractivity contribution >= 4 is 61.6 Å². The van der Waals surface area contributed by atoms with Crippen LogP contribution in [0.4, 0.5) is 5.13 Å². The second-order valence-electron chi connectivity index (χ2n) is 8.58. The topological polar surface area (TPSA) is 126 Å². The van der Waals surface area contributed by atoms with Crippen molar-refractivity contribution in [2.24, 2.45) is 0 Å². The number of phenolic OH excluding ortho intramolecular Hbond substituents is 1. The summed E-state index contributed by atoms with van der Waals surface area (Å²) in [5.41, 5.74) is 2.89. The Hall–Kier alpha value is -3.74. The van der Waals surface area contributed by atoms with Crippen LogP contribution in [-0.2, 0) is 15.3 Å². The molecule has 0 bridgehead atoms. The number of benzene rings is 2. The molecule has 1 amide bonds. The Labute approximate surface area is 240 Å². The molecule has 1 unspecified atom stereocenters. The van der Waals surface area contributed by atoms with E-state index < -0.39 is 17.7 Å². The number of phenols is 1. The number of aromatic nitrogens is 3. The highest BCUT2D eigenvalue weighted by Gasteiger charge is 2.48. The van der Waals surface area contributed by atoms with Crippen LogP contribution < -0.4 is 9.64 Å². The van der Waals surface area contributed by atoms with Crippen molar-refractivity contribution in [3.8, 4) is 11.5 Å². The van der Waals surface area contributed by atoms with Crippen LogP contribution >= 0.6 is 39.0 Å². The van der Waals surface area contributed by atoms with Gasteiger partial charge in [-0.25, -0.2) is 0 Å². The average Bonchev–Trinajstić information content (AvgIpc) is 3.52. The fourth-order valence-electron chi connectivity index (χ4n) is 4.11. The minimum Gasteiger partial charge on any atom is -0.507 e. The molecule has 4 aromatic rings. The van der Waals surface area contributed by atoms with Crippen molar-refractivity contribution in [2.45, 2.75) is 23.1 Å². The first kappa shape index (κ1) is 26.9. The van der Waals surface area contributed by atoms with Crippen molar-refractivity contribution in [2.75, 3.05) is 12.0 Å². The third-order valence-corrected chi connectivity index (χ3v) is 8.80. The van der Waals surface area contributed by atoms with Gasteiger partial charge in [0.2, 0.25) is 5.13 Å². The lowest BCUT2D eigenvalue weighted by Crippen LogP contribution is -2.29. The fourth-order valence-corrected chi connectivity index (χ4v) is 6.39. The number of hydrogen-bond acceptors (Lipinski definition) is 10. The summed E-state index contributed by atoms with van der Waals surface area (Å²) >= 11 is 5.95. The Morgan fingerprint density at radius 2 is 1.85 bits per heavy atom. The summed E-state index contributed by atoms with van der Waals surface area (Å²) in [5.74, 6) is -1.45. The zero-order valence-corrected chi connectivity index (χ0v) is 23.9. The van der Waals surface area contributed by atoms with Gasteiger partial charge in [-0.05, 0) is 58.2 Å². The number of hydrogen-bond donors (Lipinski definition) is 2. The van der Waals surface area contributed by atoms with E-state index in [-0.39, 0.29) is 32.4 Å². The number of aromatic hydroxyl groups is 1. The van der Waals surface area contributed by atoms with E-state index in [4.69, 9.17) is 4.74 Å². The highest BCUT2D eigenvalue weighted by atomic mass is 79.9. The Morgan fingerprint density at radius 3 is 2.54 bits per heavy atom. The van der Waals surface area contributed by atoms with Gasteiger partial charge >= 0.3 is 5.91 Å². The molecule has 1 aliphatic rings. The number of methoxy groups -OCH3 is 1. The molecule has 1 aliphatic heterocycles. The SMILES string of the molecule is COc1cc(C2C(=C(O)c3ccncc3)C(=O)C(=O)N2c2nnc(SCc3ccc(C)cc3)s2)cc(Br)c1O. The monoisotopic (exact) mass is 624 g/mol. The number of aryl methyl sites for hydroxylation is 1. The number of ketones is 1. The second-order valence-corrected chi connectivity index (χ2v) is 11.6. The van der Waals surface area contributed by atoms with Crippen LogP contribution in [0.5, 0.6) is 11.5 Å². The Kier molecular flexibility index (Phi) is 7.69. The van der Waals surface area contributed by atoms with Crippen LogP contribution in [0.25, 0.3) is 5.76 Å². The number of amides is 1. The smallest absolute Gasteiger partial charge is 0.301 e. The number of carbonyl (C=O) groups excluding carboxylic acids is 2. The summed E-state index contributed by atoms with van der Waals surface area (Å²) in [7, 11) is 1.39. The zero-order chi connectivity index (χ0) is 27.7. The van der Waals surface area contributed by atoms with Crippen LogP contribution in [0.15, 0.2) is 75.3 Å². The van der Waals surface area contributed by atoms with E-state index in [0.717, 1.165) is 5.56 Å². The molecule has 0 spiro atoms. The highest BCUT2D eigenvalue weighted by Crippen LogP contribution is 2.47. The van der Waals surface area contributed by atoms with Crippen LogP contribution in [0.2, 0.25) is 0 Å². The number of halogens is 1. The Bertz CT molecular complexity index is 1590. The number of pyridine rings is 1. The molecule has 2 aromatic heterocycles. The van der Waals surface area contributed by atoms with Crippen molar-refractivity contribution in [1.82, 2.24) is 15.2 Å². The van der Waals surface area contributed by atoms with Gasteiger partial charge in [0, 0.05) is 23.7 Å². The highest BCUT2D eigenvalue weighted by molar-refractivity contribution is 9.10. The summed E-state index contributed by atoms with van der Waals surface area (Å²) in [6.07, 6.45) is 2.95. The summed E-state index contributed by atoms with van der Waals surface area (Å²) in [4.78, 5) is 32.0. The lowest BCUT2D eigenvalue weighted by Gasteiger charge is -2.23. The third-order valence-electron chi connectivity index (χ3n) is 6.07. The van der Waals surface area contributed by atoms with E-state index in [1.807, 2.05) is 31.2 Å². The quantitative estimate of drug-likeness (QED) is 0.0883. The lowest BCUT2D eigenvalue weighted by molar-refractivity contribution is -0.132. The fraction of sp³-hybridized carbons (Fsp3) is 0.148. The largest absolute Gasteiger partial charge is 0.507 e. The van der Waals surface area contributed by atoms with Gasteiger partial charge < -0.3 is 14.9 Å². The summed E-state index contributed by atoms with van der Waals surface area (Å²) in [6, 6.07) is 13.2. The normalized spacial score (nSPS) is 16.6. The number of Topliss-reactive ketones (excluding diaryl/α,β-unsaturated/α-hetero) is 1. The first-order chi connectivity index (χ1) is 18.8. The maximum Gasteiger partial charge on any atom is 0.301 e. The van der Waals surface area contributed by atoms with E-state index in [2.05, 4.69) is 31.1 Å². The minimum atomic E-state index is -1.06. The molecule has 1 saturated heterocycles. The molecule has 198 valence electrons. The van der Waals surface area contributed by atoms with Crippen LogP contribution in [0.1, 0.15) is 28.3 Å². The number of aliphatic hydroxyl groups excluding tert-OH is 1. The van der Waals surface area contributed by atoms with Gasteiger partial charge in [0.15, 0.2) is 15.8 Å². The summed E-state index contributed by atoms with van der Waals surface area (Å²) < 4.78 is 6.21. The van der Waals surface area contributed by atoms with E-state index >= 15 is 0 Å². The third kappa shape index (κ3) is 5.27. The molecule has 0 aliphatic carbocycles. The van der Waals surface area contributed by atoms with Crippen molar-refractivity contribution in [3.63, 3.8) is 0 Å². The number of carbonyl (C=O) groups is 2. The van der Waals surface area contributed by atoms with E-state index in [1.165, 1.54) is 71.3 Å².